The normalized spacial score (nSPS) is 19.2. The van der Waals surface area contributed by atoms with Gasteiger partial charge in [0, 0.05) is 5.02 Å². The van der Waals surface area contributed by atoms with E-state index >= 15 is 0 Å². The second-order valence-electron chi connectivity index (χ2n) is 7.06. The van der Waals surface area contributed by atoms with Crippen molar-refractivity contribution in [3.05, 3.63) is 70.2 Å². The molecule has 2 heterocycles. The SMILES string of the molecule is CC(C)c1ccc([C@H]2C[C@@H](c3ccc(Cl)cc3)Nc3nc(N)nn32)cc1. The number of aromatic nitrogens is 3. The standard InChI is InChI=1S/C20H22ClN5/c1-12(2)13-3-5-15(6-4-13)18-11-17(14-7-9-16(21)10-8-14)23-20-24-19(22)25-26(18)20/h3-10,12,17-18H,11H2,1-2H3,(H3,22,23,24,25)/t17-,18+/m0/s1. The van der Waals surface area contributed by atoms with Gasteiger partial charge in [-0.15, -0.1) is 5.10 Å². The first kappa shape index (κ1) is 16.9. The summed E-state index contributed by atoms with van der Waals surface area (Å²) in [6.07, 6.45) is 0.860. The van der Waals surface area contributed by atoms with E-state index < -0.39 is 0 Å². The third-order valence-electron chi connectivity index (χ3n) is 4.97. The molecule has 1 aromatic heterocycles. The second kappa shape index (κ2) is 6.65. The average molecular weight is 368 g/mol. The Morgan fingerprint density at radius 1 is 1.08 bits per heavy atom. The van der Waals surface area contributed by atoms with Crippen LogP contribution in [0.4, 0.5) is 11.9 Å². The molecular weight excluding hydrogens is 346 g/mol. The topological polar surface area (TPSA) is 68.8 Å². The van der Waals surface area contributed by atoms with Gasteiger partial charge in [-0.25, -0.2) is 4.68 Å². The minimum absolute atomic E-state index is 0.0814. The van der Waals surface area contributed by atoms with Crippen LogP contribution in [0.25, 0.3) is 0 Å². The molecule has 134 valence electrons. The second-order valence-corrected chi connectivity index (χ2v) is 7.50. The van der Waals surface area contributed by atoms with Gasteiger partial charge in [-0.1, -0.05) is 61.8 Å². The number of benzene rings is 2. The van der Waals surface area contributed by atoms with E-state index in [2.05, 4.69) is 53.5 Å². The third-order valence-corrected chi connectivity index (χ3v) is 5.22. The summed E-state index contributed by atoms with van der Waals surface area (Å²) in [4.78, 5) is 4.36. The number of hydrogen-bond donors (Lipinski definition) is 2. The number of nitrogens with two attached hydrogens (primary N) is 1. The molecule has 2 atom stereocenters. The Morgan fingerprint density at radius 3 is 2.38 bits per heavy atom. The molecule has 0 aliphatic carbocycles. The Bertz CT molecular complexity index is 899. The lowest BCUT2D eigenvalue weighted by atomic mass is 9.92. The summed E-state index contributed by atoms with van der Waals surface area (Å²) in [5.41, 5.74) is 9.58. The van der Waals surface area contributed by atoms with Gasteiger partial charge in [0.2, 0.25) is 11.9 Å². The molecule has 0 saturated carbocycles. The van der Waals surface area contributed by atoms with Gasteiger partial charge in [0.15, 0.2) is 0 Å². The maximum absolute atomic E-state index is 6.04. The van der Waals surface area contributed by atoms with Gasteiger partial charge in [0.25, 0.3) is 0 Å². The zero-order chi connectivity index (χ0) is 18.3. The van der Waals surface area contributed by atoms with Crippen LogP contribution in [0.15, 0.2) is 48.5 Å². The van der Waals surface area contributed by atoms with Crippen molar-refractivity contribution in [2.24, 2.45) is 0 Å². The van der Waals surface area contributed by atoms with Crippen molar-refractivity contribution in [3.63, 3.8) is 0 Å². The van der Waals surface area contributed by atoms with Crippen LogP contribution in [0.1, 0.15) is 55.0 Å². The van der Waals surface area contributed by atoms with E-state index in [0.717, 1.165) is 11.4 Å². The Kier molecular flexibility index (Phi) is 4.32. The largest absolute Gasteiger partial charge is 0.366 e. The number of nitrogen functional groups attached to an aromatic ring is 1. The average Bonchev–Trinajstić information content (AvgIpc) is 3.01. The number of anilines is 2. The van der Waals surface area contributed by atoms with Crippen LogP contribution in [0, 0.1) is 0 Å². The molecule has 5 nitrogen and oxygen atoms in total. The van der Waals surface area contributed by atoms with Crippen molar-refractivity contribution in [2.75, 3.05) is 11.1 Å². The Hall–Kier alpha value is -2.53. The molecule has 1 aliphatic rings. The monoisotopic (exact) mass is 367 g/mol. The van der Waals surface area contributed by atoms with Crippen LogP contribution < -0.4 is 11.1 Å². The molecule has 2 aromatic carbocycles. The molecule has 0 saturated heterocycles. The van der Waals surface area contributed by atoms with Crippen LogP contribution in [-0.4, -0.2) is 14.8 Å². The molecule has 0 amide bonds. The van der Waals surface area contributed by atoms with Crippen molar-refractivity contribution >= 4 is 23.5 Å². The maximum Gasteiger partial charge on any atom is 0.241 e. The van der Waals surface area contributed by atoms with Crippen molar-refractivity contribution in [2.45, 2.75) is 38.3 Å². The molecule has 0 radical (unpaired) electrons. The number of halogens is 1. The first-order valence-corrected chi connectivity index (χ1v) is 9.23. The summed E-state index contributed by atoms with van der Waals surface area (Å²) in [5, 5.41) is 8.59. The lowest BCUT2D eigenvalue weighted by Crippen LogP contribution is -2.28. The third kappa shape index (κ3) is 3.15. The summed E-state index contributed by atoms with van der Waals surface area (Å²) in [6, 6.07) is 16.9. The number of fused-ring (bicyclic) bond motifs is 1. The zero-order valence-electron chi connectivity index (χ0n) is 14.9. The predicted octanol–water partition coefficient (Wildman–Crippen LogP) is 4.78. The van der Waals surface area contributed by atoms with Crippen LogP contribution in [0.3, 0.4) is 0 Å². The number of hydrogen-bond acceptors (Lipinski definition) is 4. The molecule has 0 unspecified atom stereocenters. The van der Waals surface area contributed by atoms with Crippen molar-refractivity contribution < 1.29 is 0 Å². The van der Waals surface area contributed by atoms with Crippen LogP contribution in [0.5, 0.6) is 0 Å². The highest BCUT2D eigenvalue weighted by Gasteiger charge is 2.30. The van der Waals surface area contributed by atoms with Gasteiger partial charge in [0.1, 0.15) is 0 Å². The Morgan fingerprint density at radius 2 is 1.73 bits per heavy atom. The molecule has 1 aliphatic heterocycles. The molecule has 4 rings (SSSR count). The first-order valence-electron chi connectivity index (χ1n) is 8.85. The molecule has 0 spiro atoms. The highest BCUT2D eigenvalue weighted by molar-refractivity contribution is 6.30. The number of nitrogens with zero attached hydrogens (tertiary/aromatic N) is 3. The molecule has 0 fully saturated rings. The summed E-state index contributed by atoms with van der Waals surface area (Å²) < 4.78 is 1.89. The fourth-order valence-electron chi connectivity index (χ4n) is 3.49. The quantitative estimate of drug-likeness (QED) is 0.698. The molecule has 0 bridgehead atoms. The van der Waals surface area contributed by atoms with Crippen molar-refractivity contribution in [3.8, 4) is 0 Å². The van der Waals surface area contributed by atoms with E-state index in [1.165, 1.54) is 16.7 Å². The van der Waals surface area contributed by atoms with E-state index in [0.29, 0.717) is 11.9 Å². The summed E-state index contributed by atoms with van der Waals surface area (Å²) in [7, 11) is 0. The van der Waals surface area contributed by atoms with Gasteiger partial charge in [-0.05, 0) is 41.2 Å². The first-order chi connectivity index (χ1) is 12.5. The van der Waals surface area contributed by atoms with Crippen LogP contribution >= 0.6 is 11.6 Å². The molecule has 26 heavy (non-hydrogen) atoms. The van der Waals surface area contributed by atoms with Gasteiger partial charge >= 0.3 is 0 Å². The van der Waals surface area contributed by atoms with E-state index in [9.17, 15) is 0 Å². The highest BCUT2D eigenvalue weighted by Crippen LogP contribution is 2.38. The summed E-state index contributed by atoms with van der Waals surface area (Å²) in [5.74, 6) is 1.50. The summed E-state index contributed by atoms with van der Waals surface area (Å²) in [6.45, 7) is 4.40. The van der Waals surface area contributed by atoms with Crippen molar-refractivity contribution in [1.29, 1.82) is 0 Å². The van der Waals surface area contributed by atoms with Gasteiger partial charge in [-0.2, -0.15) is 4.98 Å². The van der Waals surface area contributed by atoms with Crippen LogP contribution in [-0.2, 0) is 0 Å². The maximum atomic E-state index is 6.04. The zero-order valence-corrected chi connectivity index (χ0v) is 15.6. The van der Waals surface area contributed by atoms with E-state index in [-0.39, 0.29) is 18.0 Å². The van der Waals surface area contributed by atoms with E-state index in [4.69, 9.17) is 17.3 Å². The minimum Gasteiger partial charge on any atom is -0.366 e. The smallest absolute Gasteiger partial charge is 0.241 e. The lowest BCUT2D eigenvalue weighted by molar-refractivity contribution is 0.431. The highest BCUT2D eigenvalue weighted by atomic mass is 35.5. The minimum atomic E-state index is 0.0814. The fraction of sp³-hybridized carbons (Fsp3) is 0.300. The molecule has 6 heteroatoms. The number of rotatable bonds is 3. The van der Waals surface area contributed by atoms with Gasteiger partial charge < -0.3 is 11.1 Å². The molecular formula is C20H22ClN5. The Balaban J connectivity index is 1.71. The van der Waals surface area contributed by atoms with Crippen LogP contribution in [0.2, 0.25) is 5.02 Å². The van der Waals surface area contributed by atoms with Crippen molar-refractivity contribution in [1.82, 2.24) is 14.8 Å². The van der Waals surface area contributed by atoms with E-state index in [1.54, 1.807) is 0 Å². The Labute approximate surface area is 158 Å². The molecule has 3 aromatic rings. The molecule has 3 N–H and O–H groups in total. The van der Waals surface area contributed by atoms with Gasteiger partial charge in [0.05, 0.1) is 12.1 Å². The van der Waals surface area contributed by atoms with Gasteiger partial charge in [-0.3, -0.25) is 0 Å². The fourth-order valence-corrected chi connectivity index (χ4v) is 3.61. The lowest BCUT2D eigenvalue weighted by Gasteiger charge is -2.31. The number of nitrogens with one attached hydrogen (secondary N) is 1. The predicted molar refractivity (Wildman–Crippen MR) is 106 cm³/mol. The van der Waals surface area contributed by atoms with E-state index in [1.807, 2.05) is 28.9 Å². The summed E-state index contributed by atoms with van der Waals surface area (Å²) >= 11 is 6.04.